The molecule has 1 aromatic heterocycles. The number of urea groups is 1. The summed E-state index contributed by atoms with van der Waals surface area (Å²) < 4.78 is 1.69. The monoisotopic (exact) mass is 343 g/mol. The van der Waals surface area contributed by atoms with Gasteiger partial charge in [-0.25, -0.2) is 9.48 Å². The van der Waals surface area contributed by atoms with Crippen LogP contribution in [0.15, 0.2) is 36.5 Å². The van der Waals surface area contributed by atoms with Crippen LogP contribution in [0.4, 0.5) is 4.79 Å². The highest BCUT2D eigenvalue weighted by atomic mass is 16.3. The smallest absolute Gasteiger partial charge is 0.315 e. The molecule has 0 saturated heterocycles. The number of para-hydroxylation sites is 1. The van der Waals surface area contributed by atoms with E-state index in [0.29, 0.717) is 5.69 Å². The van der Waals surface area contributed by atoms with Crippen molar-refractivity contribution in [1.29, 1.82) is 0 Å². The van der Waals surface area contributed by atoms with Gasteiger partial charge in [0.2, 0.25) is 0 Å². The summed E-state index contributed by atoms with van der Waals surface area (Å²) in [6.07, 6.45) is 5.89. The Hall–Kier alpha value is -2.41. The minimum atomic E-state index is -0.256. The maximum Gasteiger partial charge on any atom is 0.315 e. The highest BCUT2D eigenvalue weighted by molar-refractivity contribution is 5.74. The number of carbonyl (C=O) groups excluding carboxylic acids is 1. The molecule has 1 aliphatic rings. The first kappa shape index (κ1) is 17.4. The number of hydrogen-bond donors (Lipinski definition) is 3. The number of aliphatic hydroxyl groups is 1. The maximum absolute atomic E-state index is 12.3. The highest BCUT2D eigenvalue weighted by Crippen LogP contribution is 2.24. The van der Waals surface area contributed by atoms with E-state index < -0.39 is 0 Å². The molecule has 3 rings (SSSR count). The van der Waals surface area contributed by atoms with Crippen molar-refractivity contribution in [3.05, 3.63) is 42.2 Å². The standard InChI is InChI=1S/C18H25N5O2/c1-13(17-11-23(22-21-17)15-8-3-2-4-9-15)19-18(25)20-16-10-6-5-7-14(16)12-24/h2-4,8-9,11,13-14,16,24H,5-7,10,12H2,1H3,(H2,19,20,25). The van der Waals surface area contributed by atoms with Crippen molar-refractivity contribution in [2.24, 2.45) is 5.92 Å². The first-order chi connectivity index (χ1) is 12.2. The average Bonchev–Trinajstić information content (AvgIpc) is 3.13. The Kier molecular flexibility index (Phi) is 5.65. The molecule has 3 unspecified atom stereocenters. The fourth-order valence-corrected chi connectivity index (χ4v) is 3.28. The minimum absolute atomic E-state index is 0.0333. The van der Waals surface area contributed by atoms with Crippen LogP contribution in [0.3, 0.4) is 0 Å². The molecule has 2 amide bonds. The van der Waals surface area contributed by atoms with E-state index >= 15 is 0 Å². The van der Waals surface area contributed by atoms with Crippen LogP contribution in [-0.4, -0.2) is 38.8 Å². The third-order valence-electron chi connectivity index (χ3n) is 4.78. The Labute approximate surface area is 147 Å². The van der Waals surface area contributed by atoms with Crippen LogP contribution in [0.25, 0.3) is 5.69 Å². The van der Waals surface area contributed by atoms with Gasteiger partial charge in [0.25, 0.3) is 0 Å². The summed E-state index contributed by atoms with van der Waals surface area (Å²) in [6, 6.07) is 9.26. The van der Waals surface area contributed by atoms with Crippen LogP contribution in [0.2, 0.25) is 0 Å². The van der Waals surface area contributed by atoms with E-state index in [1.165, 1.54) is 0 Å². The summed E-state index contributed by atoms with van der Waals surface area (Å²) in [5.41, 5.74) is 1.62. The maximum atomic E-state index is 12.3. The summed E-state index contributed by atoms with van der Waals surface area (Å²) >= 11 is 0. The van der Waals surface area contributed by atoms with Crippen LogP contribution in [0.5, 0.6) is 0 Å². The van der Waals surface area contributed by atoms with Gasteiger partial charge in [0.1, 0.15) is 5.69 Å². The summed E-state index contributed by atoms with van der Waals surface area (Å²) in [5, 5.41) is 23.6. The minimum Gasteiger partial charge on any atom is -0.396 e. The van der Waals surface area contributed by atoms with E-state index in [1.807, 2.05) is 43.5 Å². The molecule has 3 atom stereocenters. The lowest BCUT2D eigenvalue weighted by Crippen LogP contribution is -2.48. The van der Waals surface area contributed by atoms with Crippen molar-refractivity contribution in [2.45, 2.75) is 44.7 Å². The Balaban J connectivity index is 1.57. The summed E-state index contributed by atoms with van der Waals surface area (Å²) in [5.74, 6) is 0.147. The number of aliphatic hydroxyl groups excluding tert-OH is 1. The SMILES string of the molecule is CC(NC(=O)NC1CCCCC1CO)c1cn(-c2ccccc2)nn1. The first-order valence-electron chi connectivity index (χ1n) is 8.83. The zero-order valence-electron chi connectivity index (χ0n) is 14.4. The number of hydrogen-bond acceptors (Lipinski definition) is 4. The van der Waals surface area contributed by atoms with Crippen LogP contribution in [0, 0.1) is 5.92 Å². The average molecular weight is 343 g/mol. The molecule has 3 N–H and O–H groups in total. The highest BCUT2D eigenvalue weighted by Gasteiger charge is 2.26. The van der Waals surface area contributed by atoms with Gasteiger partial charge in [-0.1, -0.05) is 36.3 Å². The molecule has 7 nitrogen and oxygen atoms in total. The first-order valence-corrected chi connectivity index (χ1v) is 8.83. The quantitative estimate of drug-likeness (QED) is 0.776. The van der Waals surface area contributed by atoms with Gasteiger partial charge in [-0.15, -0.1) is 5.10 Å². The summed E-state index contributed by atoms with van der Waals surface area (Å²) in [7, 11) is 0. The van der Waals surface area contributed by atoms with Crippen LogP contribution in [0.1, 0.15) is 44.3 Å². The Morgan fingerprint density at radius 2 is 2.08 bits per heavy atom. The molecular formula is C18H25N5O2. The Morgan fingerprint density at radius 1 is 1.32 bits per heavy atom. The predicted molar refractivity (Wildman–Crippen MR) is 94.3 cm³/mol. The molecule has 1 saturated carbocycles. The molecule has 134 valence electrons. The van der Waals surface area contributed by atoms with Gasteiger partial charge in [-0.3, -0.25) is 0 Å². The lowest BCUT2D eigenvalue weighted by atomic mass is 9.85. The van der Waals surface area contributed by atoms with Crippen molar-refractivity contribution in [3.8, 4) is 5.69 Å². The molecule has 1 fully saturated rings. The fourth-order valence-electron chi connectivity index (χ4n) is 3.28. The molecule has 2 aromatic rings. The molecule has 0 bridgehead atoms. The number of nitrogens with one attached hydrogen (secondary N) is 2. The Bertz CT molecular complexity index is 688. The number of benzene rings is 1. The van der Waals surface area contributed by atoms with Gasteiger partial charge in [0.05, 0.1) is 17.9 Å². The van der Waals surface area contributed by atoms with Gasteiger partial charge >= 0.3 is 6.03 Å². The molecule has 0 aliphatic heterocycles. The number of nitrogens with zero attached hydrogens (tertiary/aromatic N) is 3. The van der Waals surface area contributed by atoms with Crippen LogP contribution < -0.4 is 10.6 Å². The van der Waals surface area contributed by atoms with Crippen molar-refractivity contribution >= 4 is 6.03 Å². The summed E-state index contributed by atoms with van der Waals surface area (Å²) in [4.78, 5) is 12.3. The van der Waals surface area contributed by atoms with Gasteiger partial charge in [0.15, 0.2) is 0 Å². The summed E-state index contributed by atoms with van der Waals surface area (Å²) in [6.45, 7) is 2.00. The zero-order chi connectivity index (χ0) is 17.6. The van der Waals surface area contributed by atoms with Crippen LogP contribution >= 0.6 is 0 Å². The second-order valence-electron chi connectivity index (χ2n) is 6.60. The topological polar surface area (TPSA) is 92.1 Å². The van der Waals surface area contributed by atoms with E-state index in [9.17, 15) is 9.90 Å². The zero-order valence-corrected chi connectivity index (χ0v) is 14.4. The number of carbonyl (C=O) groups is 1. The van der Waals surface area contributed by atoms with E-state index in [-0.39, 0.29) is 30.6 Å². The molecule has 0 radical (unpaired) electrons. The Morgan fingerprint density at radius 3 is 2.84 bits per heavy atom. The number of amides is 2. The third-order valence-corrected chi connectivity index (χ3v) is 4.78. The third kappa shape index (κ3) is 4.36. The second-order valence-corrected chi connectivity index (χ2v) is 6.60. The van der Waals surface area contributed by atoms with Gasteiger partial charge in [0, 0.05) is 18.6 Å². The van der Waals surface area contributed by atoms with Gasteiger partial charge < -0.3 is 15.7 Å². The van der Waals surface area contributed by atoms with Crippen molar-refractivity contribution < 1.29 is 9.90 Å². The predicted octanol–water partition coefficient (Wildman–Crippen LogP) is 2.18. The molecular weight excluding hydrogens is 318 g/mol. The molecule has 25 heavy (non-hydrogen) atoms. The molecule has 1 heterocycles. The number of rotatable bonds is 5. The van der Waals surface area contributed by atoms with Crippen molar-refractivity contribution in [2.75, 3.05) is 6.61 Å². The number of aromatic nitrogens is 3. The van der Waals surface area contributed by atoms with E-state index in [1.54, 1.807) is 4.68 Å². The van der Waals surface area contributed by atoms with E-state index in [2.05, 4.69) is 20.9 Å². The van der Waals surface area contributed by atoms with Gasteiger partial charge in [-0.05, 0) is 31.9 Å². The van der Waals surface area contributed by atoms with Gasteiger partial charge in [-0.2, -0.15) is 0 Å². The van der Waals surface area contributed by atoms with Crippen molar-refractivity contribution in [3.63, 3.8) is 0 Å². The lowest BCUT2D eigenvalue weighted by Gasteiger charge is -2.31. The normalized spacial score (nSPS) is 21.5. The van der Waals surface area contributed by atoms with E-state index in [4.69, 9.17) is 0 Å². The molecule has 1 aliphatic carbocycles. The largest absolute Gasteiger partial charge is 0.396 e. The fraction of sp³-hybridized carbons (Fsp3) is 0.500. The molecule has 7 heteroatoms. The lowest BCUT2D eigenvalue weighted by molar-refractivity contribution is 0.153. The van der Waals surface area contributed by atoms with E-state index in [0.717, 1.165) is 31.4 Å². The molecule has 0 spiro atoms. The second kappa shape index (κ2) is 8.11. The van der Waals surface area contributed by atoms with Crippen molar-refractivity contribution in [1.82, 2.24) is 25.6 Å². The van der Waals surface area contributed by atoms with Crippen LogP contribution in [-0.2, 0) is 0 Å². The molecule has 1 aromatic carbocycles.